The van der Waals surface area contributed by atoms with Crippen LogP contribution in [0, 0.1) is 5.82 Å². The summed E-state index contributed by atoms with van der Waals surface area (Å²) in [6, 6.07) is 10.8. The molecule has 1 N–H and O–H groups in total. The minimum atomic E-state index is -0.298. The Hall–Kier alpha value is -1.20. The molecule has 0 spiro atoms. The number of carbonyl (C=O) groups is 1. The van der Waals surface area contributed by atoms with Crippen molar-refractivity contribution in [3.05, 3.63) is 68.9 Å². The quantitative estimate of drug-likeness (QED) is 0.729. The Morgan fingerprint density at radius 3 is 2.86 bits per heavy atom. The summed E-state index contributed by atoms with van der Waals surface area (Å²) in [7, 11) is 0. The fraction of sp³-hybridized carbons (Fsp3) is 0.188. The van der Waals surface area contributed by atoms with Crippen molar-refractivity contribution in [3.8, 4) is 0 Å². The SMILES string of the molecule is O=C1NCCc2ccc(C(Br)c3cccc(F)c3Br)cc21. The Bertz CT molecular complexity index is 717. The highest BCUT2D eigenvalue weighted by atomic mass is 79.9. The van der Waals surface area contributed by atoms with Crippen LogP contribution in [0.5, 0.6) is 0 Å². The lowest BCUT2D eigenvalue weighted by atomic mass is 9.95. The van der Waals surface area contributed by atoms with Crippen LogP contribution in [0.15, 0.2) is 40.9 Å². The Balaban J connectivity index is 2.02. The maximum Gasteiger partial charge on any atom is 0.251 e. The molecule has 0 aliphatic carbocycles. The molecule has 0 bridgehead atoms. The maximum absolute atomic E-state index is 13.7. The lowest BCUT2D eigenvalue weighted by molar-refractivity contribution is 0.0946. The average molecular weight is 413 g/mol. The third kappa shape index (κ3) is 2.77. The molecule has 108 valence electrons. The molecule has 2 nitrogen and oxygen atoms in total. The molecule has 0 saturated heterocycles. The normalized spacial score (nSPS) is 15.3. The number of fused-ring (bicyclic) bond motifs is 1. The zero-order valence-electron chi connectivity index (χ0n) is 11.0. The van der Waals surface area contributed by atoms with E-state index in [4.69, 9.17) is 0 Å². The Labute approximate surface area is 139 Å². The largest absolute Gasteiger partial charge is 0.352 e. The zero-order chi connectivity index (χ0) is 15.0. The molecule has 0 saturated carbocycles. The molecule has 1 aliphatic rings. The van der Waals surface area contributed by atoms with Gasteiger partial charge in [-0.15, -0.1) is 0 Å². The van der Waals surface area contributed by atoms with Crippen LogP contribution >= 0.6 is 31.9 Å². The topological polar surface area (TPSA) is 29.1 Å². The summed E-state index contributed by atoms with van der Waals surface area (Å²) in [5, 5.41) is 2.84. The van der Waals surface area contributed by atoms with Gasteiger partial charge in [-0.25, -0.2) is 4.39 Å². The second-order valence-electron chi connectivity index (χ2n) is 4.93. The summed E-state index contributed by atoms with van der Waals surface area (Å²) >= 11 is 6.88. The van der Waals surface area contributed by atoms with Crippen LogP contribution < -0.4 is 5.32 Å². The Morgan fingerprint density at radius 1 is 1.24 bits per heavy atom. The number of benzene rings is 2. The molecule has 0 aromatic heterocycles. The van der Waals surface area contributed by atoms with Crippen molar-refractivity contribution in [2.45, 2.75) is 11.2 Å². The number of nitrogens with one attached hydrogen (secondary N) is 1. The molecule has 0 fully saturated rings. The lowest BCUT2D eigenvalue weighted by Gasteiger charge is -2.19. The summed E-state index contributed by atoms with van der Waals surface area (Å²) < 4.78 is 14.1. The first-order valence-corrected chi connectivity index (χ1v) is 8.28. The molecule has 2 aromatic carbocycles. The van der Waals surface area contributed by atoms with Gasteiger partial charge in [0.25, 0.3) is 5.91 Å². The number of hydrogen-bond acceptors (Lipinski definition) is 1. The smallest absolute Gasteiger partial charge is 0.251 e. The summed E-state index contributed by atoms with van der Waals surface area (Å²) in [4.78, 5) is 11.7. The molecule has 1 unspecified atom stereocenters. The van der Waals surface area contributed by atoms with E-state index in [2.05, 4.69) is 37.2 Å². The molecule has 5 heteroatoms. The fourth-order valence-corrected chi connectivity index (χ4v) is 3.95. The van der Waals surface area contributed by atoms with E-state index in [-0.39, 0.29) is 16.6 Å². The second-order valence-corrected chi connectivity index (χ2v) is 6.64. The van der Waals surface area contributed by atoms with Gasteiger partial charge in [-0.3, -0.25) is 4.79 Å². The van der Waals surface area contributed by atoms with Gasteiger partial charge in [0.1, 0.15) is 5.82 Å². The van der Waals surface area contributed by atoms with E-state index in [0.29, 0.717) is 16.6 Å². The fourth-order valence-electron chi connectivity index (χ4n) is 2.48. The van der Waals surface area contributed by atoms with Crippen molar-refractivity contribution in [3.63, 3.8) is 0 Å². The predicted octanol–water partition coefficient (Wildman–Crippen LogP) is 4.36. The minimum absolute atomic E-state index is 0.0453. The third-order valence-corrected chi connectivity index (χ3v) is 5.46. The molecule has 1 heterocycles. The average Bonchev–Trinajstić information content (AvgIpc) is 2.49. The van der Waals surface area contributed by atoms with E-state index in [1.165, 1.54) is 6.07 Å². The maximum atomic E-state index is 13.7. The van der Waals surface area contributed by atoms with Gasteiger partial charge >= 0.3 is 0 Å². The van der Waals surface area contributed by atoms with Gasteiger partial charge in [0, 0.05) is 12.1 Å². The summed E-state index contributed by atoms with van der Waals surface area (Å²) in [6.45, 7) is 0.679. The van der Waals surface area contributed by atoms with Gasteiger partial charge < -0.3 is 5.32 Å². The van der Waals surface area contributed by atoms with Gasteiger partial charge in [-0.1, -0.05) is 40.2 Å². The van der Waals surface area contributed by atoms with E-state index in [1.807, 2.05) is 24.3 Å². The van der Waals surface area contributed by atoms with Gasteiger partial charge in [0.2, 0.25) is 0 Å². The van der Waals surface area contributed by atoms with Crippen LogP contribution in [0.25, 0.3) is 0 Å². The molecule has 21 heavy (non-hydrogen) atoms. The number of alkyl halides is 1. The van der Waals surface area contributed by atoms with Crippen molar-refractivity contribution in [1.29, 1.82) is 0 Å². The summed E-state index contributed by atoms with van der Waals surface area (Å²) in [5.74, 6) is -0.344. The zero-order valence-corrected chi connectivity index (χ0v) is 14.2. The molecule has 0 radical (unpaired) electrons. The molecule has 1 amide bonds. The summed E-state index contributed by atoms with van der Waals surface area (Å²) in [6.07, 6.45) is 0.845. The lowest BCUT2D eigenvalue weighted by Crippen LogP contribution is -2.31. The van der Waals surface area contributed by atoms with Crippen LogP contribution in [0.2, 0.25) is 0 Å². The highest BCUT2D eigenvalue weighted by Gasteiger charge is 2.21. The van der Waals surface area contributed by atoms with Crippen LogP contribution in [0.3, 0.4) is 0 Å². The third-order valence-electron chi connectivity index (χ3n) is 3.61. The number of rotatable bonds is 2. The first-order chi connectivity index (χ1) is 10.1. The minimum Gasteiger partial charge on any atom is -0.352 e. The number of hydrogen-bond donors (Lipinski definition) is 1. The Kier molecular flexibility index (Phi) is 4.13. The molecular formula is C16H12Br2FNO. The van der Waals surface area contributed by atoms with E-state index in [1.54, 1.807) is 6.07 Å². The van der Waals surface area contributed by atoms with Crippen molar-refractivity contribution < 1.29 is 9.18 Å². The van der Waals surface area contributed by atoms with Gasteiger partial charge in [0.15, 0.2) is 0 Å². The molecular weight excluding hydrogens is 401 g/mol. The van der Waals surface area contributed by atoms with E-state index >= 15 is 0 Å². The second kappa shape index (κ2) is 5.89. The van der Waals surface area contributed by atoms with Crippen LogP contribution in [-0.4, -0.2) is 12.5 Å². The van der Waals surface area contributed by atoms with E-state index < -0.39 is 0 Å². The molecule has 1 atom stereocenters. The van der Waals surface area contributed by atoms with E-state index in [9.17, 15) is 9.18 Å². The van der Waals surface area contributed by atoms with Crippen molar-refractivity contribution in [2.75, 3.05) is 6.54 Å². The van der Waals surface area contributed by atoms with Crippen LogP contribution in [-0.2, 0) is 6.42 Å². The van der Waals surface area contributed by atoms with Crippen LogP contribution in [0.1, 0.15) is 31.9 Å². The highest BCUT2D eigenvalue weighted by molar-refractivity contribution is 9.11. The monoisotopic (exact) mass is 411 g/mol. The van der Waals surface area contributed by atoms with Crippen molar-refractivity contribution in [1.82, 2.24) is 5.32 Å². The number of amides is 1. The summed E-state index contributed by atoms with van der Waals surface area (Å²) in [5.41, 5.74) is 3.49. The number of carbonyl (C=O) groups excluding carboxylic acids is 1. The van der Waals surface area contributed by atoms with Crippen molar-refractivity contribution >= 4 is 37.8 Å². The van der Waals surface area contributed by atoms with E-state index in [0.717, 1.165) is 23.1 Å². The molecule has 1 aliphatic heterocycles. The van der Waals surface area contributed by atoms with Gasteiger partial charge in [-0.05, 0) is 51.2 Å². The van der Waals surface area contributed by atoms with Crippen LogP contribution in [0.4, 0.5) is 4.39 Å². The number of halogens is 3. The highest BCUT2D eigenvalue weighted by Crippen LogP contribution is 2.37. The van der Waals surface area contributed by atoms with Crippen molar-refractivity contribution in [2.24, 2.45) is 0 Å². The Morgan fingerprint density at radius 2 is 2.05 bits per heavy atom. The first kappa shape index (κ1) is 14.7. The standard InChI is InChI=1S/C16H12Br2FNO/c17-14(11-2-1-3-13(19)15(11)18)10-5-4-9-6-7-20-16(21)12(9)8-10/h1-5,8,14H,6-7H2,(H,20,21). The predicted molar refractivity (Wildman–Crippen MR) is 87.3 cm³/mol. The molecule has 3 rings (SSSR count). The first-order valence-electron chi connectivity index (χ1n) is 6.57. The molecule has 2 aromatic rings. The van der Waals surface area contributed by atoms with Gasteiger partial charge in [-0.2, -0.15) is 0 Å². The van der Waals surface area contributed by atoms with Gasteiger partial charge in [0.05, 0.1) is 9.30 Å².